The number of nitrogens with zero attached hydrogens (tertiary/aromatic N) is 2. The molecule has 0 saturated heterocycles. The van der Waals surface area contributed by atoms with Crippen LogP contribution in [0.2, 0.25) is 5.02 Å². The van der Waals surface area contributed by atoms with E-state index in [0.29, 0.717) is 5.02 Å². The topological polar surface area (TPSA) is 17.8 Å². The van der Waals surface area contributed by atoms with Crippen LogP contribution in [0.25, 0.3) is 28.2 Å². The second kappa shape index (κ2) is 7.63. The van der Waals surface area contributed by atoms with Crippen molar-refractivity contribution in [3.05, 3.63) is 92.3 Å². The van der Waals surface area contributed by atoms with Crippen LogP contribution in [-0.4, -0.2) is 9.78 Å². The molecule has 2 nitrogen and oxygen atoms in total. The van der Waals surface area contributed by atoms with Crippen LogP contribution < -0.4 is 0 Å². The van der Waals surface area contributed by atoms with Crippen molar-refractivity contribution >= 4 is 43.5 Å². The number of aromatic nitrogens is 2. The highest BCUT2D eigenvalue weighted by molar-refractivity contribution is 9.10. The Morgan fingerprint density at radius 3 is 2.11 bits per heavy atom. The first kappa shape index (κ1) is 18.5. The van der Waals surface area contributed by atoms with E-state index in [0.717, 1.165) is 37.1 Å². The van der Waals surface area contributed by atoms with Crippen molar-refractivity contribution in [2.45, 2.75) is 6.92 Å². The Hall–Kier alpha value is -1.88. The summed E-state index contributed by atoms with van der Waals surface area (Å²) in [5.74, 6) is 0. The summed E-state index contributed by atoms with van der Waals surface area (Å²) in [7, 11) is 0. The van der Waals surface area contributed by atoms with Crippen LogP contribution >= 0.6 is 43.5 Å². The van der Waals surface area contributed by atoms with Crippen LogP contribution in [-0.2, 0) is 0 Å². The minimum Gasteiger partial charge on any atom is -0.231 e. The van der Waals surface area contributed by atoms with Crippen molar-refractivity contribution in [3.63, 3.8) is 0 Å². The van der Waals surface area contributed by atoms with Gasteiger partial charge in [0, 0.05) is 20.1 Å². The summed E-state index contributed by atoms with van der Waals surface area (Å²) in [5, 5.41) is 5.52. The van der Waals surface area contributed by atoms with Gasteiger partial charge in [-0.05, 0) is 48.9 Å². The Morgan fingerprint density at radius 2 is 1.44 bits per heavy atom. The molecule has 0 unspecified atom stereocenters. The van der Waals surface area contributed by atoms with Crippen LogP contribution in [0.3, 0.4) is 0 Å². The van der Waals surface area contributed by atoms with E-state index in [9.17, 15) is 0 Å². The first-order valence-corrected chi connectivity index (χ1v) is 10.4. The molecule has 0 amide bonds. The molecule has 5 heteroatoms. The number of hydrogen-bond donors (Lipinski definition) is 0. The lowest BCUT2D eigenvalue weighted by Crippen LogP contribution is -1.99. The molecule has 0 radical (unpaired) electrons. The average molecular weight is 503 g/mol. The largest absolute Gasteiger partial charge is 0.231 e. The van der Waals surface area contributed by atoms with Crippen LogP contribution in [0.1, 0.15) is 5.56 Å². The van der Waals surface area contributed by atoms with Gasteiger partial charge in [0.1, 0.15) is 5.69 Å². The average Bonchev–Trinajstić information content (AvgIpc) is 2.99. The predicted molar refractivity (Wildman–Crippen MR) is 120 cm³/mol. The molecule has 0 saturated carbocycles. The third-order valence-electron chi connectivity index (χ3n) is 4.27. The van der Waals surface area contributed by atoms with Crippen molar-refractivity contribution in [1.82, 2.24) is 9.78 Å². The highest BCUT2D eigenvalue weighted by Gasteiger charge is 2.20. The maximum atomic E-state index is 6.88. The number of halogens is 3. The predicted octanol–water partition coefficient (Wildman–Crippen LogP) is 7.69. The third kappa shape index (κ3) is 3.75. The first-order chi connectivity index (χ1) is 13.0. The minimum atomic E-state index is 0.632. The molecule has 134 valence electrons. The molecule has 4 aromatic rings. The molecular weight excluding hydrogens is 488 g/mol. The smallest absolute Gasteiger partial charge is 0.112 e. The van der Waals surface area contributed by atoms with E-state index < -0.39 is 0 Å². The molecule has 0 spiro atoms. The van der Waals surface area contributed by atoms with Crippen molar-refractivity contribution < 1.29 is 0 Å². The molecule has 1 heterocycles. The van der Waals surface area contributed by atoms with Crippen molar-refractivity contribution in [3.8, 4) is 28.2 Å². The van der Waals surface area contributed by atoms with E-state index in [1.54, 1.807) is 0 Å². The Labute approximate surface area is 180 Å². The number of benzene rings is 3. The Balaban J connectivity index is 2.00. The minimum absolute atomic E-state index is 0.632. The summed E-state index contributed by atoms with van der Waals surface area (Å²) >= 11 is 14.0. The zero-order chi connectivity index (χ0) is 19.0. The molecule has 27 heavy (non-hydrogen) atoms. The Bertz CT molecular complexity index is 1130. The Kier molecular flexibility index (Phi) is 5.22. The maximum Gasteiger partial charge on any atom is 0.112 e. The molecule has 4 rings (SSSR count). The number of hydrogen-bond acceptors (Lipinski definition) is 1. The maximum absolute atomic E-state index is 6.88. The van der Waals surface area contributed by atoms with Crippen LogP contribution in [0.4, 0.5) is 0 Å². The van der Waals surface area contributed by atoms with Crippen LogP contribution in [0.15, 0.2) is 81.7 Å². The second-order valence-corrected chi connectivity index (χ2v) is 8.49. The Morgan fingerprint density at radius 1 is 0.815 bits per heavy atom. The van der Waals surface area contributed by atoms with Gasteiger partial charge in [-0.3, -0.25) is 0 Å². The van der Waals surface area contributed by atoms with Crippen LogP contribution in [0.5, 0.6) is 0 Å². The summed E-state index contributed by atoms with van der Waals surface area (Å²) in [6.07, 6.45) is 0. The summed E-state index contributed by atoms with van der Waals surface area (Å²) < 4.78 is 3.91. The van der Waals surface area contributed by atoms with Gasteiger partial charge >= 0.3 is 0 Å². The van der Waals surface area contributed by atoms with Crippen molar-refractivity contribution in [2.24, 2.45) is 0 Å². The van der Waals surface area contributed by atoms with E-state index in [-0.39, 0.29) is 0 Å². The zero-order valence-electron chi connectivity index (χ0n) is 14.5. The van der Waals surface area contributed by atoms with Gasteiger partial charge in [0.15, 0.2) is 0 Å². The third-order valence-corrected chi connectivity index (χ3v) is 5.61. The lowest BCUT2D eigenvalue weighted by Gasteiger charge is -2.09. The molecule has 0 N–H and O–H groups in total. The zero-order valence-corrected chi connectivity index (χ0v) is 18.4. The van der Waals surface area contributed by atoms with E-state index in [4.69, 9.17) is 16.7 Å². The molecule has 0 atom stereocenters. The van der Waals surface area contributed by atoms with E-state index in [1.807, 2.05) is 59.3 Å². The highest BCUT2D eigenvalue weighted by atomic mass is 79.9. The molecule has 0 aliphatic carbocycles. The van der Waals surface area contributed by atoms with Gasteiger partial charge in [-0.1, -0.05) is 79.9 Å². The van der Waals surface area contributed by atoms with E-state index in [1.165, 1.54) is 5.56 Å². The summed E-state index contributed by atoms with van der Waals surface area (Å²) in [4.78, 5) is 0. The van der Waals surface area contributed by atoms with Gasteiger partial charge in [-0.25, -0.2) is 4.68 Å². The molecule has 0 fully saturated rings. The van der Waals surface area contributed by atoms with Crippen molar-refractivity contribution in [1.29, 1.82) is 0 Å². The van der Waals surface area contributed by atoms with Gasteiger partial charge < -0.3 is 0 Å². The fourth-order valence-electron chi connectivity index (χ4n) is 3.05. The monoisotopic (exact) mass is 500 g/mol. The quantitative estimate of drug-likeness (QED) is 0.281. The molecule has 0 bridgehead atoms. The second-order valence-electron chi connectivity index (χ2n) is 6.28. The standard InChI is InChI=1S/C22H15Br2ClN2/c1-14-5-2-10-19(11-14)27-22(16-7-4-9-18(24)13-16)20(25)21(26-27)15-6-3-8-17(23)12-15/h2-13H,1H3. The van der Waals surface area contributed by atoms with E-state index >= 15 is 0 Å². The molecule has 1 aromatic heterocycles. The summed E-state index contributed by atoms with van der Waals surface area (Å²) in [6.45, 7) is 2.07. The van der Waals surface area contributed by atoms with Gasteiger partial charge in [0.25, 0.3) is 0 Å². The molecule has 0 aliphatic rings. The summed E-state index contributed by atoms with van der Waals surface area (Å²) in [5.41, 5.74) is 5.76. The normalized spacial score (nSPS) is 11.0. The SMILES string of the molecule is Cc1cccc(-n2nc(-c3cccc(Br)c3)c(Cl)c2-c2cccc(Br)c2)c1. The fraction of sp³-hybridized carbons (Fsp3) is 0.0455. The van der Waals surface area contributed by atoms with Crippen molar-refractivity contribution in [2.75, 3.05) is 0 Å². The number of aryl methyl sites for hydroxylation is 1. The van der Waals surface area contributed by atoms with Gasteiger partial charge in [0.2, 0.25) is 0 Å². The molecule has 0 aliphatic heterocycles. The van der Waals surface area contributed by atoms with Gasteiger partial charge in [-0.15, -0.1) is 0 Å². The summed E-state index contributed by atoms with van der Waals surface area (Å²) in [6, 6.07) is 24.4. The lowest BCUT2D eigenvalue weighted by molar-refractivity contribution is 0.890. The number of rotatable bonds is 3. The molecule has 3 aromatic carbocycles. The van der Waals surface area contributed by atoms with E-state index in [2.05, 4.69) is 57.0 Å². The van der Waals surface area contributed by atoms with Gasteiger partial charge in [0.05, 0.1) is 16.4 Å². The lowest BCUT2D eigenvalue weighted by atomic mass is 10.1. The molecular formula is C22H15Br2ClN2. The fourth-order valence-corrected chi connectivity index (χ4v) is 4.19. The van der Waals surface area contributed by atoms with Gasteiger partial charge in [-0.2, -0.15) is 5.10 Å². The highest BCUT2D eigenvalue weighted by Crippen LogP contribution is 2.39. The van der Waals surface area contributed by atoms with Crippen LogP contribution in [0, 0.1) is 6.92 Å². The first-order valence-electron chi connectivity index (χ1n) is 8.40.